The number of rotatable bonds is 8. The van der Waals surface area contributed by atoms with E-state index in [4.69, 9.17) is 4.98 Å². The van der Waals surface area contributed by atoms with Gasteiger partial charge < -0.3 is 10.2 Å². The van der Waals surface area contributed by atoms with Crippen LogP contribution in [0.3, 0.4) is 0 Å². The van der Waals surface area contributed by atoms with Gasteiger partial charge in [-0.25, -0.2) is 4.98 Å². The highest BCUT2D eigenvalue weighted by Gasteiger charge is 2.20. The van der Waals surface area contributed by atoms with Crippen LogP contribution in [0.2, 0.25) is 0 Å². The molecule has 0 bridgehead atoms. The van der Waals surface area contributed by atoms with Gasteiger partial charge >= 0.3 is 0 Å². The first kappa shape index (κ1) is 16.3. The molecular weight excluding hydrogens is 280 g/mol. The summed E-state index contributed by atoms with van der Waals surface area (Å²) in [5.74, 6) is 1.81. The summed E-state index contributed by atoms with van der Waals surface area (Å²) in [5, 5.41) is 5.67. The van der Waals surface area contributed by atoms with Gasteiger partial charge in [-0.1, -0.05) is 20.8 Å². The average Bonchev–Trinajstić information content (AvgIpc) is 3.02. The smallest absolute Gasteiger partial charge is 0.195 e. The molecule has 118 valence electrons. The second-order valence-electron chi connectivity index (χ2n) is 6.01. The lowest BCUT2D eigenvalue weighted by Gasteiger charge is -2.28. The quantitative estimate of drug-likeness (QED) is 0.806. The summed E-state index contributed by atoms with van der Waals surface area (Å²) in [6, 6.07) is 0.517. The molecule has 0 aliphatic carbocycles. The van der Waals surface area contributed by atoms with Gasteiger partial charge in [-0.05, 0) is 32.7 Å². The van der Waals surface area contributed by atoms with Crippen LogP contribution in [0.15, 0.2) is 11.6 Å². The third kappa shape index (κ3) is 3.58. The Morgan fingerprint density at radius 1 is 1.33 bits per heavy atom. The first-order chi connectivity index (χ1) is 10.1. The average molecular weight is 308 g/mol. The third-order valence-corrected chi connectivity index (χ3v) is 4.68. The Morgan fingerprint density at radius 3 is 2.71 bits per heavy atom. The van der Waals surface area contributed by atoms with Gasteiger partial charge in [0.2, 0.25) is 0 Å². The second-order valence-corrected chi connectivity index (χ2v) is 6.88. The van der Waals surface area contributed by atoms with Crippen molar-refractivity contribution in [2.45, 2.75) is 53.6 Å². The Hall–Kier alpha value is -1.07. The molecule has 1 unspecified atom stereocenters. The fourth-order valence-corrected chi connectivity index (χ4v) is 3.31. The number of hydrogen-bond donors (Lipinski definition) is 1. The fraction of sp³-hybridized carbons (Fsp3) is 0.688. The van der Waals surface area contributed by atoms with Crippen molar-refractivity contribution in [1.29, 1.82) is 0 Å². The number of anilines is 1. The Morgan fingerprint density at radius 2 is 2.10 bits per heavy atom. The van der Waals surface area contributed by atoms with Crippen molar-refractivity contribution in [2.75, 3.05) is 18.0 Å². The largest absolute Gasteiger partial charge is 0.353 e. The second kappa shape index (κ2) is 7.27. The highest BCUT2D eigenvalue weighted by Crippen LogP contribution is 2.26. The lowest BCUT2D eigenvalue weighted by Crippen LogP contribution is -2.34. The molecule has 2 aromatic rings. The lowest BCUT2D eigenvalue weighted by molar-refractivity contribution is 0.544. The maximum absolute atomic E-state index is 4.88. The maximum atomic E-state index is 4.88. The molecule has 2 heterocycles. The zero-order valence-electron chi connectivity index (χ0n) is 13.9. The van der Waals surface area contributed by atoms with Crippen LogP contribution in [0.1, 0.15) is 46.7 Å². The SMILES string of the molecule is CCC(C)N(CC)c1nc2sccn2c1CNCC(C)C. The van der Waals surface area contributed by atoms with Crippen LogP contribution in [0.5, 0.6) is 0 Å². The van der Waals surface area contributed by atoms with E-state index >= 15 is 0 Å². The number of imidazole rings is 1. The normalized spacial score (nSPS) is 13.2. The fourth-order valence-electron chi connectivity index (χ4n) is 2.59. The minimum Gasteiger partial charge on any atom is -0.353 e. The van der Waals surface area contributed by atoms with Crippen LogP contribution in [-0.2, 0) is 6.54 Å². The number of aromatic nitrogens is 2. The van der Waals surface area contributed by atoms with E-state index in [2.05, 4.69) is 60.8 Å². The van der Waals surface area contributed by atoms with E-state index in [1.54, 1.807) is 11.3 Å². The van der Waals surface area contributed by atoms with Gasteiger partial charge in [-0.2, -0.15) is 0 Å². The molecule has 0 aliphatic rings. The van der Waals surface area contributed by atoms with Gasteiger partial charge in [-0.3, -0.25) is 4.40 Å². The van der Waals surface area contributed by atoms with E-state index in [-0.39, 0.29) is 0 Å². The molecule has 4 nitrogen and oxygen atoms in total. The van der Waals surface area contributed by atoms with Crippen molar-refractivity contribution in [1.82, 2.24) is 14.7 Å². The van der Waals surface area contributed by atoms with Crippen molar-refractivity contribution in [3.05, 3.63) is 17.3 Å². The first-order valence-electron chi connectivity index (χ1n) is 8.00. The summed E-state index contributed by atoms with van der Waals surface area (Å²) in [5.41, 5.74) is 1.29. The van der Waals surface area contributed by atoms with Crippen LogP contribution in [0.4, 0.5) is 5.82 Å². The zero-order chi connectivity index (χ0) is 15.4. The molecule has 0 radical (unpaired) electrons. The molecule has 2 aromatic heterocycles. The molecule has 0 amide bonds. The maximum Gasteiger partial charge on any atom is 0.195 e. The van der Waals surface area contributed by atoms with E-state index in [0.717, 1.165) is 36.8 Å². The molecule has 0 saturated heterocycles. The van der Waals surface area contributed by atoms with Crippen LogP contribution in [-0.4, -0.2) is 28.5 Å². The predicted octanol–water partition coefficient (Wildman–Crippen LogP) is 3.77. The number of nitrogens with one attached hydrogen (secondary N) is 1. The van der Waals surface area contributed by atoms with E-state index in [1.165, 1.54) is 5.69 Å². The summed E-state index contributed by atoms with van der Waals surface area (Å²) in [6.07, 6.45) is 3.27. The van der Waals surface area contributed by atoms with Crippen LogP contribution in [0, 0.1) is 5.92 Å². The van der Waals surface area contributed by atoms with Gasteiger partial charge in [0.05, 0.1) is 5.69 Å². The topological polar surface area (TPSA) is 32.6 Å². The highest BCUT2D eigenvalue weighted by atomic mass is 32.1. The van der Waals surface area contributed by atoms with E-state index < -0.39 is 0 Å². The van der Waals surface area contributed by atoms with Gasteiger partial charge in [0.15, 0.2) is 10.8 Å². The Balaban J connectivity index is 2.30. The molecule has 0 aliphatic heterocycles. The predicted molar refractivity (Wildman–Crippen MR) is 92.4 cm³/mol. The summed E-state index contributed by atoms with van der Waals surface area (Å²) >= 11 is 1.71. The lowest BCUT2D eigenvalue weighted by atomic mass is 10.2. The Labute approximate surface area is 132 Å². The van der Waals surface area contributed by atoms with Crippen molar-refractivity contribution >= 4 is 22.1 Å². The number of hydrogen-bond acceptors (Lipinski definition) is 4. The van der Waals surface area contributed by atoms with E-state index in [1.807, 2.05) is 0 Å². The van der Waals surface area contributed by atoms with Crippen LogP contribution < -0.4 is 10.2 Å². The van der Waals surface area contributed by atoms with Crippen LogP contribution in [0.25, 0.3) is 4.96 Å². The molecule has 0 aromatic carbocycles. The summed E-state index contributed by atoms with van der Waals surface area (Å²) < 4.78 is 2.23. The van der Waals surface area contributed by atoms with Crippen LogP contribution >= 0.6 is 11.3 Å². The molecule has 21 heavy (non-hydrogen) atoms. The van der Waals surface area contributed by atoms with Crippen molar-refractivity contribution < 1.29 is 0 Å². The van der Waals surface area contributed by atoms with Gasteiger partial charge in [-0.15, -0.1) is 11.3 Å². The molecular formula is C16H28N4S. The minimum absolute atomic E-state index is 0.517. The van der Waals surface area contributed by atoms with E-state index in [0.29, 0.717) is 12.0 Å². The van der Waals surface area contributed by atoms with Gasteiger partial charge in [0.1, 0.15) is 0 Å². The molecule has 2 rings (SSSR count). The standard InChI is InChI=1S/C16H28N4S/c1-6-13(5)19(7-2)15-14(11-17-10-12(3)4)20-8-9-21-16(20)18-15/h8-9,12-13,17H,6-7,10-11H2,1-5H3. The van der Waals surface area contributed by atoms with Crippen molar-refractivity contribution in [2.24, 2.45) is 5.92 Å². The monoisotopic (exact) mass is 308 g/mol. The summed E-state index contributed by atoms with van der Waals surface area (Å²) in [7, 11) is 0. The molecule has 0 spiro atoms. The van der Waals surface area contributed by atoms with Crippen molar-refractivity contribution in [3.63, 3.8) is 0 Å². The highest BCUT2D eigenvalue weighted by molar-refractivity contribution is 7.15. The number of nitrogens with zero attached hydrogens (tertiary/aromatic N) is 3. The molecule has 1 N–H and O–H groups in total. The zero-order valence-corrected chi connectivity index (χ0v) is 14.7. The molecule has 0 fully saturated rings. The number of fused-ring (bicyclic) bond motifs is 1. The minimum atomic E-state index is 0.517. The molecule has 0 saturated carbocycles. The van der Waals surface area contributed by atoms with E-state index in [9.17, 15) is 0 Å². The third-order valence-electron chi connectivity index (χ3n) is 3.92. The number of thiazole rings is 1. The van der Waals surface area contributed by atoms with Gasteiger partial charge in [0.25, 0.3) is 0 Å². The summed E-state index contributed by atoms with van der Waals surface area (Å²) in [4.78, 5) is 8.39. The molecule has 5 heteroatoms. The summed E-state index contributed by atoms with van der Waals surface area (Å²) in [6.45, 7) is 14.1. The molecule has 1 atom stereocenters. The van der Waals surface area contributed by atoms with Gasteiger partial charge in [0, 0.05) is 30.7 Å². The Kier molecular flexibility index (Phi) is 5.65. The first-order valence-corrected chi connectivity index (χ1v) is 8.88. The Bertz CT molecular complexity index is 558. The van der Waals surface area contributed by atoms with Crippen molar-refractivity contribution in [3.8, 4) is 0 Å².